The molecule has 0 amide bonds. The van der Waals surface area contributed by atoms with E-state index < -0.39 is 0 Å². The SMILES string of the molecule is CC(C=O)Cc1ccc(C(C)(C)C)cc1.CCCCCCCCC=CC=O.CCCCCCCCCC(C)C=O. The zero-order valence-corrected chi connectivity index (χ0v) is 27.4. The molecule has 230 valence electrons. The van der Waals surface area contributed by atoms with Gasteiger partial charge in [0, 0.05) is 11.8 Å². The van der Waals surface area contributed by atoms with Crippen LogP contribution in [-0.4, -0.2) is 18.9 Å². The largest absolute Gasteiger partial charge is 0.303 e. The lowest BCUT2D eigenvalue weighted by molar-refractivity contribution is -0.111. The summed E-state index contributed by atoms with van der Waals surface area (Å²) in [5.74, 6) is 0.390. The van der Waals surface area contributed by atoms with Gasteiger partial charge >= 0.3 is 0 Å². The average Bonchev–Trinajstić information content (AvgIpc) is 2.94. The number of aldehydes is 3. The highest BCUT2D eigenvalue weighted by Crippen LogP contribution is 2.22. The van der Waals surface area contributed by atoms with Gasteiger partial charge in [0.05, 0.1) is 0 Å². The van der Waals surface area contributed by atoms with Crippen molar-refractivity contribution in [2.75, 3.05) is 0 Å². The van der Waals surface area contributed by atoms with Gasteiger partial charge in [-0.2, -0.15) is 0 Å². The molecule has 0 spiro atoms. The molecule has 1 aromatic carbocycles. The van der Waals surface area contributed by atoms with Gasteiger partial charge in [-0.05, 0) is 48.3 Å². The summed E-state index contributed by atoms with van der Waals surface area (Å²) in [5, 5.41) is 0. The minimum atomic E-state index is 0.116. The van der Waals surface area contributed by atoms with Crippen molar-refractivity contribution >= 4 is 18.9 Å². The van der Waals surface area contributed by atoms with E-state index >= 15 is 0 Å². The lowest BCUT2D eigenvalue weighted by Crippen LogP contribution is -2.11. The molecular weight excluding hydrogens is 492 g/mol. The topological polar surface area (TPSA) is 51.2 Å². The van der Waals surface area contributed by atoms with Gasteiger partial charge in [-0.15, -0.1) is 0 Å². The van der Waals surface area contributed by atoms with E-state index in [1.807, 2.05) is 19.9 Å². The van der Waals surface area contributed by atoms with E-state index in [-0.39, 0.29) is 17.3 Å². The highest BCUT2D eigenvalue weighted by molar-refractivity contribution is 5.64. The second-order valence-electron chi connectivity index (χ2n) is 12.4. The van der Waals surface area contributed by atoms with Crippen LogP contribution in [0.25, 0.3) is 0 Å². The van der Waals surface area contributed by atoms with Crippen LogP contribution in [0.5, 0.6) is 0 Å². The first-order chi connectivity index (χ1) is 19.2. The number of carbonyl (C=O) groups is 3. The lowest BCUT2D eigenvalue weighted by atomic mass is 9.86. The van der Waals surface area contributed by atoms with Crippen LogP contribution in [-0.2, 0) is 26.2 Å². The minimum Gasteiger partial charge on any atom is -0.303 e. The monoisotopic (exact) mass is 556 g/mol. The Kier molecular flexibility index (Phi) is 28.6. The van der Waals surface area contributed by atoms with E-state index in [2.05, 4.69) is 58.9 Å². The molecule has 1 rings (SSSR count). The third-order valence-electron chi connectivity index (χ3n) is 7.04. The molecule has 1 aromatic rings. The van der Waals surface area contributed by atoms with Gasteiger partial charge in [0.15, 0.2) is 0 Å². The van der Waals surface area contributed by atoms with Crippen molar-refractivity contribution in [3.63, 3.8) is 0 Å². The summed E-state index contributed by atoms with van der Waals surface area (Å²) in [6.45, 7) is 15.0. The van der Waals surface area contributed by atoms with Crippen LogP contribution >= 0.6 is 0 Å². The Morgan fingerprint density at radius 2 is 1.12 bits per heavy atom. The smallest absolute Gasteiger partial charge is 0.142 e. The van der Waals surface area contributed by atoms with Crippen molar-refractivity contribution in [1.29, 1.82) is 0 Å². The Balaban J connectivity index is 0. The second-order valence-corrected chi connectivity index (χ2v) is 12.4. The molecule has 0 saturated carbocycles. The molecular formula is C37H64O3. The van der Waals surface area contributed by atoms with Crippen LogP contribution in [0.2, 0.25) is 0 Å². The van der Waals surface area contributed by atoms with Crippen LogP contribution in [0.15, 0.2) is 36.4 Å². The van der Waals surface area contributed by atoms with Crippen LogP contribution in [0, 0.1) is 11.8 Å². The Bertz CT molecular complexity index is 727. The normalized spacial score (nSPS) is 12.5. The first-order valence-electron chi connectivity index (χ1n) is 16.3. The highest BCUT2D eigenvalue weighted by atomic mass is 16.1. The van der Waals surface area contributed by atoms with Crippen molar-refractivity contribution in [2.24, 2.45) is 11.8 Å². The molecule has 0 radical (unpaired) electrons. The van der Waals surface area contributed by atoms with E-state index in [4.69, 9.17) is 0 Å². The van der Waals surface area contributed by atoms with Gasteiger partial charge in [-0.3, -0.25) is 4.79 Å². The summed E-state index contributed by atoms with van der Waals surface area (Å²) in [7, 11) is 0. The summed E-state index contributed by atoms with van der Waals surface area (Å²) in [6.07, 6.45) is 26.7. The average molecular weight is 557 g/mol. The van der Waals surface area contributed by atoms with Crippen LogP contribution in [0.4, 0.5) is 0 Å². The number of allylic oxidation sites excluding steroid dienone is 2. The maximum Gasteiger partial charge on any atom is 0.142 e. The van der Waals surface area contributed by atoms with E-state index in [1.54, 1.807) is 6.08 Å². The number of unbranched alkanes of at least 4 members (excludes halogenated alkanes) is 12. The van der Waals surface area contributed by atoms with Crippen LogP contribution in [0.1, 0.15) is 156 Å². The fourth-order valence-electron chi connectivity index (χ4n) is 4.25. The standard InChI is InChI=1S/C14H20O.C12H24O.C11H20O/c1-11(10-15)9-12-5-7-13(8-6-12)14(2,3)4;1-3-4-5-6-7-8-9-10-12(2)11-13;1-2-3-4-5-6-7-8-9-10-11-12/h5-8,10-11H,9H2,1-4H3;11-12H,3-10H2,1-2H3;9-11H,2-8H2,1H3. The number of rotatable bonds is 20. The molecule has 0 aliphatic carbocycles. The second kappa shape index (κ2) is 28.5. The van der Waals surface area contributed by atoms with E-state index in [1.165, 1.54) is 94.6 Å². The first-order valence-corrected chi connectivity index (χ1v) is 16.3. The molecule has 0 aromatic heterocycles. The fraction of sp³-hybridized carbons (Fsp3) is 0.703. The molecule has 3 nitrogen and oxygen atoms in total. The van der Waals surface area contributed by atoms with Crippen molar-refractivity contribution in [3.8, 4) is 0 Å². The molecule has 0 bridgehead atoms. The summed E-state index contributed by atoms with van der Waals surface area (Å²) < 4.78 is 0. The lowest BCUT2D eigenvalue weighted by Gasteiger charge is -2.19. The molecule has 0 saturated heterocycles. The summed E-state index contributed by atoms with van der Waals surface area (Å²) in [4.78, 5) is 30.7. The summed E-state index contributed by atoms with van der Waals surface area (Å²) in [5.41, 5.74) is 2.78. The highest BCUT2D eigenvalue weighted by Gasteiger charge is 2.13. The minimum absolute atomic E-state index is 0.116. The van der Waals surface area contributed by atoms with Gasteiger partial charge < -0.3 is 9.59 Å². The van der Waals surface area contributed by atoms with Crippen LogP contribution < -0.4 is 0 Å². The van der Waals surface area contributed by atoms with Crippen molar-refractivity contribution in [2.45, 2.75) is 157 Å². The van der Waals surface area contributed by atoms with E-state index in [9.17, 15) is 14.4 Å². The van der Waals surface area contributed by atoms with Crippen LogP contribution in [0.3, 0.4) is 0 Å². The molecule has 0 aliphatic rings. The Hall–Kier alpha value is -2.03. The molecule has 40 heavy (non-hydrogen) atoms. The van der Waals surface area contributed by atoms with Gasteiger partial charge in [0.25, 0.3) is 0 Å². The van der Waals surface area contributed by atoms with Crippen molar-refractivity contribution in [3.05, 3.63) is 47.5 Å². The summed E-state index contributed by atoms with van der Waals surface area (Å²) in [6, 6.07) is 8.57. The van der Waals surface area contributed by atoms with Crippen molar-refractivity contribution in [1.82, 2.24) is 0 Å². The Labute approximate surface area is 249 Å². The number of carbonyl (C=O) groups excluding carboxylic acids is 3. The number of hydrogen-bond acceptors (Lipinski definition) is 3. The number of benzene rings is 1. The van der Waals surface area contributed by atoms with Gasteiger partial charge in [0.2, 0.25) is 0 Å². The fourth-order valence-corrected chi connectivity index (χ4v) is 4.25. The maximum absolute atomic E-state index is 10.5. The predicted molar refractivity (Wildman–Crippen MR) is 175 cm³/mol. The first kappa shape index (κ1) is 40.1. The van der Waals surface area contributed by atoms with Gasteiger partial charge in [-0.1, -0.05) is 156 Å². The maximum atomic E-state index is 10.5. The Morgan fingerprint density at radius 3 is 1.57 bits per heavy atom. The number of hydrogen-bond donors (Lipinski definition) is 0. The zero-order chi connectivity index (χ0) is 30.5. The molecule has 0 aliphatic heterocycles. The third-order valence-corrected chi connectivity index (χ3v) is 7.04. The van der Waals surface area contributed by atoms with Gasteiger partial charge in [-0.25, -0.2) is 0 Å². The molecule has 0 N–H and O–H groups in total. The Morgan fingerprint density at radius 1 is 0.650 bits per heavy atom. The molecule has 2 atom stereocenters. The predicted octanol–water partition coefficient (Wildman–Crippen LogP) is 10.8. The molecule has 2 unspecified atom stereocenters. The quantitative estimate of drug-likeness (QED) is 0.0911. The van der Waals surface area contributed by atoms with Crippen molar-refractivity contribution < 1.29 is 14.4 Å². The molecule has 0 fully saturated rings. The summed E-state index contributed by atoms with van der Waals surface area (Å²) >= 11 is 0. The molecule has 0 heterocycles. The van der Waals surface area contributed by atoms with E-state index in [0.717, 1.165) is 38.1 Å². The third kappa shape index (κ3) is 27.5. The molecule has 3 heteroatoms. The van der Waals surface area contributed by atoms with Gasteiger partial charge in [0.1, 0.15) is 18.9 Å². The zero-order valence-electron chi connectivity index (χ0n) is 27.4. The van der Waals surface area contributed by atoms with E-state index in [0.29, 0.717) is 0 Å².